The van der Waals surface area contributed by atoms with Gasteiger partial charge in [-0.2, -0.15) is 0 Å². The lowest BCUT2D eigenvalue weighted by molar-refractivity contribution is 0.0994. The summed E-state index contributed by atoms with van der Waals surface area (Å²) in [4.78, 5) is 20.5. The van der Waals surface area contributed by atoms with E-state index in [9.17, 15) is 4.79 Å². The van der Waals surface area contributed by atoms with E-state index in [0.717, 1.165) is 6.42 Å². The Labute approximate surface area is 128 Å². The van der Waals surface area contributed by atoms with E-state index in [1.807, 2.05) is 31.2 Å². The maximum atomic E-state index is 12.4. The first kappa shape index (κ1) is 15.3. The molecule has 5 nitrogen and oxygen atoms in total. The molecule has 0 aliphatic heterocycles. The Balaban J connectivity index is 2.11. The van der Waals surface area contributed by atoms with Crippen molar-refractivity contribution in [1.29, 1.82) is 0 Å². The standard InChI is InChI=1S/C15H18N4OS/c1-3-10-4-6-11(7-5-10)14(20)9(2)21-15-18-12(16)8-13(17)19-15/h4-9H,3H2,1-2H3,(H4,16,17,18,19)/t9-/m0/s1. The lowest BCUT2D eigenvalue weighted by atomic mass is 10.1. The van der Waals surface area contributed by atoms with Gasteiger partial charge in [0.05, 0.1) is 5.25 Å². The Morgan fingerprint density at radius 3 is 2.29 bits per heavy atom. The lowest BCUT2D eigenvalue weighted by Crippen LogP contribution is -2.14. The minimum Gasteiger partial charge on any atom is -0.383 e. The monoisotopic (exact) mass is 302 g/mol. The number of aryl methyl sites for hydroxylation is 1. The van der Waals surface area contributed by atoms with Crippen LogP contribution < -0.4 is 11.5 Å². The summed E-state index contributed by atoms with van der Waals surface area (Å²) in [6.07, 6.45) is 0.954. The van der Waals surface area contributed by atoms with Crippen LogP contribution in [-0.2, 0) is 6.42 Å². The van der Waals surface area contributed by atoms with Crippen LogP contribution >= 0.6 is 11.8 Å². The van der Waals surface area contributed by atoms with Gasteiger partial charge < -0.3 is 11.5 Å². The van der Waals surface area contributed by atoms with Crippen LogP contribution in [0.1, 0.15) is 29.8 Å². The molecule has 2 rings (SSSR count). The third kappa shape index (κ3) is 3.95. The summed E-state index contributed by atoms with van der Waals surface area (Å²) >= 11 is 1.25. The predicted octanol–water partition coefficient (Wildman–Crippen LogP) is 2.57. The molecule has 1 heterocycles. The van der Waals surface area contributed by atoms with Crippen LogP contribution in [-0.4, -0.2) is 21.0 Å². The second kappa shape index (κ2) is 6.58. The second-order valence-corrected chi connectivity index (χ2v) is 5.98. The lowest BCUT2D eigenvalue weighted by Gasteiger charge is -2.10. The van der Waals surface area contributed by atoms with Gasteiger partial charge in [0, 0.05) is 11.6 Å². The van der Waals surface area contributed by atoms with Crippen molar-refractivity contribution in [2.45, 2.75) is 30.7 Å². The number of carbonyl (C=O) groups is 1. The van der Waals surface area contributed by atoms with Gasteiger partial charge in [-0.1, -0.05) is 43.0 Å². The smallest absolute Gasteiger partial charge is 0.192 e. The highest BCUT2D eigenvalue weighted by atomic mass is 32.2. The zero-order chi connectivity index (χ0) is 15.4. The molecule has 0 fully saturated rings. The van der Waals surface area contributed by atoms with Gasteiger partial charge in [-0.05, 0) is 18.9 Å². The van der Waals surface area contributed by atoms with Gasteiger partial charge in [0.2, 0.25) is 0 Å². The van der Waals surface area contributed by atoms with Crippen LogP contribution in [0.25, 0.3) is 0 Å². The second-order valence-electron chi connectivity index (χ2n) is 4.68. The number of Topliss-reactive ketones (excluding diaryl/α,β-unsaturated/α-hetero) is 1. The highest BCUT2D eigenvalue weighted by Crippen LogP contribution is 2.24. The van der Waals surface area contributed by atoms with Crippen LogP contribution in [0.4, 0.5) is 11.6 Å². The number of benzene rings is 1. The topological polar surface area (TPSA) is 94.9 Å². The number of hydrogen-bond acceptors (Lipinski definition) is 6. The van der Waals surface area contributed by atoms with Crippen molar-refractivity contribution in [3.8, 4) is 0 Å². The van der Waals surface area contributed by atoms with Crippen LogP contribution in [0.15, 0.2) is 35.5 Å². The number of hydrogen-bond donors (Lipinski definition) is 2. The van der Waals surface area contributed by atoms with Crippen molar-refractivity contribution in [3.63, 3.8) is 0 Å². The molecule has 0 radical (unpaired) electrons. The molecule has 0 amide bonds. The van der Waals surface area contributed by atoms with Gasteiger partial charge in [-0.15, -0.1) is 0 Å². The number of ketones is 1. The third-order valence-corrected chi connectivity index (χ3v) is 4.00. The first-order valence-electron chi connectivity index (χ1n) is 6.69. The summed E-state index contributed by atoms with van der Waals surface area (Å²) in [7, 11) is 0. The molecule has 0 bridgehead atoms. The van der Waals surface area contributed by atoms with Crippen LogP contribution in [0, 0.1) is 0 Å². The van der Waals surface area contributed by atoms with Crippen molar-refractivity contribution in [3.05, 3.63) is 41.5 Å². The molecule has 1 aromatic heterocycles. The van der Waals surface area contributed by atoms with E-state index in [-0.39, 0.29) is 11.0 Å². The Bertz CT molecular complexity index is 622. The number of thioether (sulfide) groups is 1. The summed E-state index contributed by atoms with van der Waals surface area (Å²) in [6, 6.07) is 9.14. The first-order chi connectivity index (χ1) is 9.99. The van der Waals surface area contributed by atoms with Crippen LogP contribution in [0.3, 0.4) is 0 Å². The first-order valence-corrected chi connectivity index (χ1v) is 7.57. The van der Waals surface area contributed by atoms with Crippen molar-refractivity contribution in [2.75, 3.05) is 11.5 Å². The van der Waals surface area contributed by atoms with E-state index in [1.165, 1.54) is 23.4 Å². The molecule has 0 aliphatic carbocycles. The zero-order valence-electron chi connectivity index (χ0n) is 12.0. The Kier molecular flexibility index (Phi) is 4.80. The van der Waals surface area contributed by atoms with Gasteiger partial charge >= 0.3 is 0 Å². The number of aromatic nitrogens is 2. The maximum absolute atomic E-state index is 12.4. The maximum Gasteiger partial charge on any atom is 0.192 e. The Morgan fingerprint density at radius 2 is 1.76 bits per heavy atom. The molecule has 0 saturated heterocycles. The minimum absolute atomic E-state index is 0.0345. The van der Waals surface area contributed by atoms with Crippen LogP contribution in [0.5, 0.6) is 0 Å². The minimum atomic E-state index is -0.307. The summed E-state index contributed by atoms with van der Waals surface area (Å²) in [6.45, 7) is 3.90. The normalized spacial score (nSPS) is 12.1. The van der Waals surface area contributed by atoms with Gasteiger partial charge in [0.15, 0.2) is 10.9 Å². The van der Waals surface area contributed by atoms with Gasteiger partial charge in [0.25, 0.3) is 0 Å². The van der Waals surface area contributed by atoms with E-state index in [4.69, 9.17) is 11.5 Å². The van der Waals surface area contributed by atoms with Gasteiger partial charge in [-0.25, -0.2) is 9.97 Å². The van der Waals surface area contributed by atoms with E-state index < -0.39 is 0 Å². The third-order valence-electron chi connectivity index (χ3n) is 3.04. The molecule has 2 aromatic rings. The fourth-order valence-electron chi connectivity index (χ4n) is 1.87. The number of nitrogens with zero attached hydrogens (tertiary/aromatic N) is 2. The molecular formula is C15H18N4OS. The molecule has 6 heteroatoms. The van der Waals surface area contributed by atoms with Crippen LogP contribution in [0.2, 0.25) is 0 Å². The van der Waals surface area contributed by atoms with E-state index in [2.05, 4.69) is 16.9 Å². The molecule has 4 N–H and O–H groups in total. The number of nitrogens with two attached hydrogens (primary N) is 2. The number of nitrogen functional groups attached to an aromatic ring is 2. The molecule has 1 aromatic carbocycles. The average molecular weight is 302 g/mol. The highest BCUT2D eigenvalue weighted by Gasteiger charge is 2.18. The fourth-order valence-corrected chi connectivity index (χ4v) is 2.74. The fraction of sp³-hybridized carbons (Fsp3) is 0.267. The molecule has 1 atom stereocenters. The van der Waals surface area contributed by atoms with E-state index >= 15 is 0 Å². The van der Waals surface area contributed by atoms with E-state index in [1.54, 1.807) is 0 Å². The summed E-state index contributed by atoms with van der Waals surface area (Å²) < 4.78 is 0. The summed E-state index contributed by atoms with van der Waals surface area (Å²) in [5.74, 6) is 0.640. The number of anilines is 2. The molecule has 0 unspecified atom stereocenters. The van der Waals surface area contributed by atoms with E-state index in [0.29, 0.717) is 22.4 Å². The molecule has 0 spiro atoms. The zero-order valence-corrected chi connectivity index (χ0v) is 12.9. The average Bonchev–Trinajstić information content (AvgIpc) is 2.45. The SMILES string of the molecule is CCc1ccc(C(=O)[C@H](C)Sc2nc(N)cc(N)n2)cc1. The predicted molar refractivity (Wildman–Crippen MR) is 86.3 cm³/mol. The largest absolute Gasteiger partial charge is 0.383 e. The number of carbonyl (C=O) groups excluding carboxylic acids is 1. The highest BCUT2D eigenvalue weighted by molar-refractivity contribution is 8.00. The Hall–Kier alpha value is -2.08. The quantitative estimate of drug-likeness (QED) is 0.501. The van der Waals surface area contributed by atoms with Gasteiger partial charge in [0.1, 0.15) is 11.6 Å². The van der Waals surface area contributed by atoms with Crippen molar-refractivity contribution >= 4 is 29.2 Å². The summed E-state index contributed by atoms with van der Waals surface area (Å²) in [5, 5.41) is 0.109. The van der Waals surface area contributed by atoms with Crippen molar-refractivity contribution < 1.29 is 4.79 Å². The van der Waals surface area contributed by atoms with Crippen molar-refractivity contribution in [1.82, 2.24) is 9.97 Å². The molecular weight excluding hydrogens is 284 g/mol. The number of rotatable bonds is 5. The molecule has 21 heavy (non-hydrogen) atoms. The molecule has 0 saturated carbocycles. The Morgan fingerprint density at radius 1 is 1.19 bits per heavy atom. The van der Waals surface area contributed by atoms with Gasteiger partial charge in [-0.3, -0.25) is 4.79 Å². The van der Waals surface area contributed by atoms with Crippen molar-refractivity contribution in [2.24, 2.45) is 0 Å². The molecule has 110 valence electrons. The summed E-state index contributed by atoms with van der Waals surface area (Å²) in [5.41, 5.74) is 13.1. The molecule has 0 aliphatic rings.